The van der Waals surface area contributed by atoms with Crippen LogP contribution in [-0.2, 0) is 0 Å². The van der Waals surface area contributed by atoms with Crippen LogP contribution in [0.25, 0.3) is 22.5 Å². The van der Waals surface area contributed by atoms with Crippen LogP contribution in [0.15, 0.2) is 60.7 Å². The van der Waals surface area contributed by atoms with Gasteiger partial charge in [-0.25, -0.2) is 0 Å². The molecule has 3 aromatic rings. The van der Waals surface area contributed by atoms with Crippen LogP contribution in [-0.4, -0.2) is 32.6 Å². The summed E-state index contributed by atoms with van der Waals surface area (Å²) in [5.74, 6) is -0.161. The number of hydrogen-bond acceptors (Lipinski definition) is 4. The van der Waals surface area contributed by atoms with Gasteiger partial charge in [-0.05, 0) is 17.5 Å². The predicted molar refractivity (Wildman–Crippen MR) is 95.0 cm³/mol. The molecule has 1 saturated carbocycles. The Balaban J connectivity index is 1.78. The Kier molecular flexibility index (Phi) is 3.23. The van der Waals surface area contributed by atoms with E-state index >= 15 is 0 Å². The molecule has 0 amide bonds. The summed E-state index contributed by atoms with van der Waals surface area (Å²) in [6, 6.07) is 19.9. The Morgan fingerprint density at radius 1 is 0.640 bits per heavy atom. The third-order valence-corrected chi connectivity index (χ3v) is 5.57. The molecule has 1 fully saturated rings. The second kappa shape index (κ2) is 5.48. The predicted octanol–water partition coefficient (Wildman–Crippen LogP) is 3.12. The standard InChI is InChI=1S/C21H18N2O2/c24-20-14-11-15(21(20)25)17-16(14)18(12-7-3-1-4-8-12)22-23-19(17)13-9-5-2-6-10-13/h1-10,14-15,20-21,24-25H,11H2/t14-,15+,20-,21+. The molecule has 0 spiro atoms. The van der Waals surface area contributed by atoms with Crippen LogP contribution in [0.4, 0.5) is 0 Å². The van der Waals surface area contributed by atoms with Gasteiger partial charge in [-0.3, -0.25) is 0 Å². The lowest BCUT2D eigenvalue weighted by atomic mass is 9.83. The molecule has 2 aliphatic carbocycles. The van der Waals surface area contributed by atoms with Crippen molar-refractivity contribution in [3.63, 3.8) is 0 Å². The maximum Gasteiger partial charge on any atom is 0.0968 e. The van der Waals surface area contributed by atoms with Gasteiger partial charge >= 0.3 is 0 Å². The van der Waals surface area contributed by atoms with Crippen LogP contribution in [0.1, 0.15) is 29.4 Å². The first kappa shape index (κ1) is 14.8. The van der Waals surface area contributed by atoms with Gasteiger partial charge in [-0.1, -0.05) is 60.7 Å². The second-order valence-corrected chi connectivity index (χ2v) is 6.89. The van der Waals surface area contributed by atoms with Crippen LogP contribution in [0, 0.1) is 0 Å². The normalized spacial score (nSPS) is 26.6. The lowest BCUT2D eigenvalue weighted by Gasteiger charge is -2.28. The molecule has 2 aliphatic rings. The number of hydrogen-bond donors (Lipinski definition) is 2. The molecule has 0 unspecified atom stereocenters. The van der Waals surface area contributed by atoms with Crippen LogP contribution in [0.2, 0.25) is 0 Å². The molecule has 1 heterocycles. The smallest absolute Gasteiger partial charge is 0.0968 e. The topological polar surface area (TPSA) is 66.2 Å². The average molecular weight is 330 g/mol. The van der Waals surface area contributed by atoms with E-state index in [0.717, 1.165) is 40.1 Å². The van der Waals surface area contributed by atoms with Crippen LogP contribution >= 0.6 is 0 Å². The van der Waals surface area contributed by atoms with Crippen molar-refractivity contribution >= 4 is 0 Å². The van der Waals surface area contributed by atoms with Gasteiger partial charge in [0.2, 0.25) is 0 Å². The minimum atomic E-state index is -0.729. The van der Waals surface area contributed by atoms with Crippen molar-refractivity contribution in [3.05, 3.63) is 71.8 Å². The molecule has 5 rings (SSSR count). The Hall–Kier alpha value is -2.56. The highest BCUT2D eigenvalue weighted by Gasteiger charge is 2.52. The summed E-state index contributed by atoms with van der Waals surface area (Å²) in [6.07, 6.45) is -0.703. The van der Waals surface area contributed by atoms with Crippen molar-refractivity contribution in [1.82, 2.24) is 10.2 Å². The summed E-state index contributed by atoms with van der Waals surface area (Å²) < 4.78 is 0. The molecule has 0 radical (unpaired) electrons. The third-order valence-electron chi connectivity index (χ3n) is 5.57. The van der Waals surface area contributed by atoms with Gasteiger partial charge in [-0.15, -0.1) is 10.2 Å². The molecule has 1 aromatic heterocycles. The molecule has 2 aromatic carbocycles. The van der Waals surface area contributed by atoms with Gasteiger partial charge in [0.25, 0.3) is 0 Å². The van der Waals surface area contributed by atoms with Gasteiger partial charge < -0.3 is 10.2 Å². The second-order valence-electron chi connectivity index (χ2n) is 6.89. The molecule has 25 heavy (non-hydrogen) atoms. The molecule has 0 aliphatic heterocycles. The van der Waals surface area contributed by atoms with Crippen molar-refractivity contribution in [1.29, 1.82) is 0 Å². The summed E-state index contributed by atoms with van der Waals surface area (Å²) in [4.78, 5) is 0. The number of aliphatic hydroxyl groups is 2. The number of nitrogens with zero attached hydrogens (tertiary/aromatic N) is 2. The molecule has 0 saturated heterocycles. The molecule has 2 bridgehead atoms. The number of aromatic nitrogens is 2. The maximum absolute atomic E-state index is 10.5. The number of fused-ring (bicyclic) bond motifs is 5. The highest BCUT2D eigenvalue weighted by Crippen LogP contribution is 2.57. The van der Waals surface area contributed by atoms with Gasteiger partial charge in [0.15, 0.2) is 0 Å². The lowest BCUT2D eigenvalue weighted by Crippen LogP contribution is -2.32. The number of aliphatic hydroxyl groups excluding tert-OH is 2. The van der Waals surface area contributed by atoms with E-state index in [-0.39, 0.29) is 11.8 Å². The minimum Gasteiger partial charge on any atom is -0.390 e. The van der Waals surface area contributed by atoms with E-state index < -0.39 is 12.2 Å². The van der Waals surface area contributed by atoms with Crippen molar-refractivity contribution in [2.45, 2.75) is 30.5 Å². The van der Waals surface area contributed by atoms with E-state index in [0.29, 0.717) is 0 Å². The van der Waals surface area contributed by atoms with Crippen molar-refractivity contribution < 1.29 is 10.2 Å². The summed E-state index contributed by atoms with van der Waals surface area (Å²) in [5, 5.41) is 30.0. The quantitative estimate of drug-likeness (QED) is 0.758. The van der Waals surface area contributed by atoms with E-state index in [1.54, 1.807) is 0 Å². The largest absolute Gasteiger partial charge is 0.390 e. The molecular formula is C21H18N2O2. The van der Waals surface area contributed by atoms with Gasteiger partial charge in [0, 0.05) is 23.0 Å². The van der Waals surface area contributed by atoms with Crippen molar-refractivity contribution in [2.75, 3.05) is 0 Å². The third kappa shape index (κ3) is 2.08. The molecular weight excluding hydrogens is 312 g/mol. The van der Waals surface area contributed by atoms with Crippen molar-refractivity contribution in [3.8, 4) is 22.5 Å². The van der Waals surface area contributed by atoms with E-state index in [1.807, 2.05) is 60.7 Å². The lowest BCUT2D eigenvalue weighted by molar-refractivity contribution is 0.0217. The maximum atomic E-state index is 10.5. The highest BCUT2D eigenvalue weighted by atomic mass is 16.3. The summed E-state index contributed by atoms with van der Waals surface area (Å²) in [7, 11) is 0. The zero-order valence-corrected chi connectivity index (χ0v) is 13.6. The molecule has 124 valence electrons. The van der Waals surface area contributed by atoms with Crippen molar-refractivity contribution in [2.24, 2.45) is 0 Å². The molecule has 4 atom stereocenters. The Morgan fingerprint density at radius 2 is 1.04 bits per heavy atom. The van der Waals surface area contributed by atoms with E-state index in [1.165, 1.54) is 0 Å². The summed E-state index contributed by atoms with van der Waals surface area (Å²) in [5.41, 5.74) is 5.77. The fourth-order valence-corrected chi connectivity index (χ4v) is 4.44. The van der Waals surface area contributed by atoms with Gasteiger partial charge in [0.1, 0.15) is 0 Å². The first-order valence-electron chi connectivity index (χ1n) is 8.63. The summed E-state index contributed by atoms with van der Waals surface area (Å²) >= 11 is 0. The van der Waals surface area contributed by atoms with Crippen LogP contribution < -0.4 is 0 Å². The van der Waals surface area contributed by atoms with Gasteiger partial charge in [-0.2, -0.15) is 0 Å². The van der Waals surface area contributed by atoms with E-state index in [4.69, 9.17) is 0 Å². The number of benzene rings is 2. The molecule has 4 nitrogen and oxygen atoms in total. The Morgan fingerprint density at radius 3 is 1.44 bits per heavy atom. The average Bonchev–Trinajstić information content (AvgIpc) is 3.20. The monoisotopic (exact) mass is 330 g/mol. The zero-order valence-electron chi connectivity index (χ0n) is 13.6. The van der Waals surface area contributed by atoms with E-state index in [2.05, 4.69) is 10.2 Å². The molecule has 4 heteroatoms. The number of rotatable bonds is 2. The van der Waals surface area contributed by atoms with Crippen LogP contribution in [0.5, 0.6) is 0 Å². The Labute approximate surface area is 145 Å². The SMILES string of the molecule is O[C@@H]1[C@H](O)[C@@H]2C[C@H]1c1c(-c3ccccc3)nnc(-c3ccccc3)c12. The van der Waals surface area contributed by atoms with Crippen LogP contribution in [0.3, 0.4) is 0 Å². The Bertz CT molecular complexity index is 851. The zero-order chi connectivity index (χ0) is 17.0. The fraction of sp³-hybridized carbons (Fsp3) is 0.238. The fourth-order valence-electron chi connectivity index (χ4n) is 4.44. The molecule has 2 N–H and O–H groups in total. The minimum absolute atomic E-state index is 0.0804. The first-order valence-corrected chi connectivity index (χ1v) is 8.63. The van der Waals surface area contributed by atoms with E-state index in [9.17, 15) is 10.2 Å². The first-order chi connectivity index (χ1) is 12.3. The summed E-state index contributed by atoms with van der Waals surface area (Å²) in [6.45, 7) is 0. The van der Waals surface area contributed by atoms with Gasteiger partial charge in [0.05, 0.1) is 23.6 Å². The highest BCUT2D eigenvalue weighted by molar-refractivity contribution is 5.75.